The minimum absolute atomic E-state index is 0.113. The van der Waals surface area contributed by atoms with Crippen molar-refractivity contribution < 1.29 is 23.9 Å². The van der Waals surface area contributed by atoms with Gasteiger partial charge in [-0.25, -0.2) is 4.79 Å². The average Bonchev–Trinajstić information content (AvgIpc) is 2.96. The Morgan fingerprint density at radius 2 is 1.80 bits per heavy atom. The molecule has 1 atom stereocenters. The topological polar surface area (TPSA) is 92.8 Å². The van der Waals surface area contributed by atoms with Gasteiger partial charge in [0.25, 0.3) is 17.7 Å². The molecule has 3 rings (SSSR count). The van der Waals surface area contributed by atoms with Gasteiger partial charge in [0.1, 0.15) is 0 Å². The summed E-state index contributed by atoms with van der Waals surface area (Å²) in [5.74, 6) is -1.97. The van der Waals surface area contributed by atoms with Crippen LogP contribution >= 0.6 is 0 Å². The zero-order valence-corrected chi connectivity index (χ0v) is 17.2. The fourth-order valence-electron chi connectivity index (χ4n) is 3.19. The second-order valence-electron chi connectivity index (χ2n) is 7.28. The van der Waals surface area contributed by atoms with Crippen LogP contribution < -0.4 is 5.32 Å². The summed E-state index contributed by atoms with van der Waals surface area (Å²) in [4.78, 5) is 50.9. The van der Waals surface area contributed by atoms with Gasteiger partial charge in [-0.1, -0.05) is 25.5 Å². The first-order valence-corrected chi connectivity index (χ1v) is 9.90. The number of esters is 1. The molecule has 1 aliphatic heterocycles. The molecule has 156 valence electrons. The molecule has 7 nitrogen and oxygen atoms in total. The van der Waals surface area contributed by atoms with Crippen LogP contribution in [-0.2, 0) is 9.53 Å². The molecule has 0 bridgehead atoms. The van der Waals surface area contributed by atoms with E-state index in [1.807, 2.05) is 26.0 Å². The first-order valence-electron chi connectivity index (χ1n) is 9.90. The number of anilines is 1. The Hall–Kier alpha value is -3.48. The summed E-state index contributed by atoms with van der Waals surface area (Å²) in [7, 11) is 0. The Kier molecular flexibility index (Phi) is 6.30. The number of nitrogens with one attached hydrogen (secondary N) is 1. The summed E-state index contributed by atoms with van der Waals surface area (Å²) in [5, 5.41) is 2.70. The van der Waals surface area contributed by atoms with Crippen LogP contribution in [0.3, 0.4) is 0 Å². The quantitative estimate of drug-likeness (QED) is 0.558. The first kappa shape index (κ1) is 21.2. The maximum Gasteiger partial charge on any atom is 0.338 e. The van der Waals surface area contributed by atoms with E-state index in [1.165, 1.54) is 30.0 Å². The lowest BCUT2D eigenvalue weighted by atomic mass is 10.1. The van der Waals surface area contributed by atoms with Crippen LogP contribution in [0.1, 0.15) is 63.3 Å². The molecule has 0 aliphatic carbocycles. The number of hydrogen-bond donors (Lipinski definition) is 1. The monoisotopic (exact) mass is 408 g/mol. The van der Waals surface area contributed by atoms with Crippen molar-refractivity contribution in [2.45, 2.75) is 39.7 Å². The van der Waals surface area contributed by atoms with E-state index in [0.29, 0.717) is 18.7 Å². The maximum absolute atomic E-state index is 12.5. The molecule has 1 N–H and O–H groups in total. The van der Waals surface area contributed by atoms with Crippen molar-refractivity contribution in [2.75, 3.05) is 11.9 Å². The van der Waals surface area contributed by atoms with Crippen molar-refractivity contribution in [2.24, 2.45) is 0 Å². The molecule has 1 heterocycles. The van der Waals surface area contributed by atoms with E-state index < -0.39 is 23.9 Å². The fraction of sp³-hybridized carbons (Fsp3) is 0.304. The zero-order chi connectivity index (χ0) is 21.8. The predicted molar refractivity (Wildman–Crippen MR) is 111 cm³/mol. The fourth-order valence-corrected chi connectivity index (χ4v) is 3.19. The number of rotatable bonds is 7. The molecular formula is C23H24N2O5. The zero-order valence-electron chi connectivity index (χ0n) is 17.2. The number of fused-ring (bicyclic) bond motifs is 1. The van der Waals surface area contributed by atoms with Gasteiger partial charge in [-0.05, 0) is 56.2 Å². The van der Waals surface area contributed by atoms with Crippen LogP contribution in [0.4, 0.5) is 5.69 Å². The Bertz CT molecular complexity index is 1010. The maximum atomic E-state index is 12.5. The summed E-state index contributed by atoms with van der Waals surface area (Å²) in [6.07, 6.45) is 0.533. The number of nitrogens with zero attached hydrogens (tertiary/aromatic N) is 1. The smallest absolute Gasteiger partial charge is 0.338 e. The molecule has 0 saturated heterocycles. The highest BCUT2D eigenvalue weighted by Gasteiger charge is 2.35. The number of hydrogen-bond acceptors (Lipinski definition) is 5. The molecule has 0 fully saturated rings. The summed E-state index contributed by atoms with van der Waals surface area (Å²) in [6, 6.07) is 11.5. The van der Waals surface area contributed by atoms with Crippen LogP contribution in [0, 0.1) is 6.92 Å². The standard InChI is InChI=1S/C23H24N2O5/c1-4-5-11-25-21(27)18-10-9-16(13-19(18)22(25)28)23(29)30-15(3)20(26)24-17-8-6-7-14(2)12-17/h6-10,12-13,15H,4-5,11H2,1-3H3,(H,24,26). The second kappa shape index (κ2) is 8.90. The molecule has 1 unspecified atom stereocenters. The molecule has 3 amide bonds. The highest BCUT2D eigenvalue weighted by molar-refractivity contribution is 6.22. The Balaban J connectivity index is 1.68. The predicted octanol–water partition coefficient (Wildman–Crippen LogP) is 3.58. The van der Waals surface area contributed by atoms with Gasteiger partial charge >= 0.3 is 5.97 Å². The van der Waals surface area contributed by atoms with E-state index in [1.54, 1.807) is 12.1 Å². The SMILES string of the molecule is CCCCN1C(=O)c2ccc(C(=O)OC(C)C(=O)Nc3cccc(C)c3)cc2C1=O. The summed E-state index contributed by atoms with van der Waals surface area (Å²) >= 11 is 0. The number of amides is 3. The summed E-state index contributed by atoms with van der Waals surface area (Å²) < 4.78 is 5.25. The van der Waals surface area contributed by atoms with Crippen LogP contribution in [0.5, 0.6) is 0 Å². The lowest BCUT2D eigenvalue weighted by molar-refractivity contribution is -0.123. The third-order valence-corrected chi connectivity index (χ3v) is 4.88. The van der Waals surface area contributed by atoms with Crippen molar-refractivity contribution in [1.82, 2.24) is 4.90 Å². The summed E-state index contributed by atoms with van der Waals surface area (Å²) in [5.41, 5.74) is 2.17. The Morgan fingerprint density at radius 3 is 2.50 bits per heavy atom. The lowest BCUT2D eigenvalue weighted by Gasteiger charge is -2.14. The number of imide groups is 1. The minimum atomic E-state index is -1.04. The van der Waals surface area contributed by atoms with Gasteiger partial charge in [-0.2, -0.15) is 0 Å². The molecular weight excluding hydrogens is 384 g/mol. The average molecular weight is 408 g/mol. The molecule has 1 aliphatic rings. The molecule has 0 saturated carbocycles. The van der Waals surface area contributed by atoms with Gasteiger partial charge in [0.05, 0.1) is 16.7 Å². The van der Waals surface area contributed by atoms with E-state index in [-0.39, 0.29) is 22.6 Å². The highest BCUT2D eigenvalue weighted by atomic mass is 16.5. The molecule has 0 spiro atoms. The number of carbonyl (C=O) groups excluding carboxylic acids is 4. The highest BCUT2D eigenvalue weighted by Crippen LogP contribution is 2.25. The van der Waals surface area contributed by atoms with Gasteiger partial charge in [-0.3, -0.25) is 19.3 Å². The Labute approximate surface area is 175 Å². The molecule has 2 aromatic rings. The van der Waals surface area contributed by atoms with E-state index in [9.17, 15) is 19.2 Å². The van der Waals surface area contributed by atoms with Crippen LogP contribution in [0.15, 0.2) is 42.5 Å². The lowest BCUT2D eigenvalue weighted by Crippen LogP contribution is -2.30. The number of ether oxygens (including phenoxy) is 1. The van der Waals surface area contributed by atoms with Crippen molar-refractivity contribution >= 4 is 29.4 Å². The Morgan fingerprint density at radius 1 is 1.07 bits per heavy atom. The third kappa shape index (κ3) is 4.40. The van der Waals surface area contributed by atoms with Crippen LogP contribution in [-0.4, -0.2) is 41.2 Å². The van der Waals surface area contributed by atoms with Gasteiger partial charge in [0.15, 0.2) is 6.10 Å². The second-order valence-corrected chi connectivity index (χ2v) is 7.28. The molecule has 0 radical (unpaired) electrons. The molecule has 0 aromatic heterocycles. The van der Waals surface area contributed by atoms with Crippen molar-refractivity contribution in [3.8, 4) is 0 Å². The van der Waals surface area contributed by atoms with Crippen LogP contribution in [0.2, 0.25) is 0 Å². The van der Waals surface area contributed by atoms with Gasteiger partial charge in [-0.15, -0.1) is 0 Å². The molecule has 30 heavy (non-hydrogen) atoms. The number of unbranched alkanes of at least 4 members (excludes halogenated alkanes) is 1. The van der Waals surface area contributed by atoms with E-state index in [2.05, 4.69) is 5.32 Å². The molecule has 7 heteroatoms. The van der Waals surface area contributed by atoms with Gasteiger partial charge in [0.2, 0.25) is 0 Å². The van der Waals surface area contributed by atoms with Crippen LogP contribution in [0.25, 0.3) is 0 Å². The van der Waals surface area contributed by atoms with E-state index in [4.69, 9.17) is 4.74 Å². The number of benzene rings is 2. The normalized spacial score (nSPS) is 13.8. The third-order valence-electron chi connectivity index (χ3n) is 4.88. The van der Waals surface area contributed by atoms with Crippen molar-refractivity contribution in [3.05, 3.63) is 64.7 Å². The number of aryl methyl sites for hydroxylation is 1. The molecule has 2 aromatic carbocycles. The van der Waals surface area contributed by atoms with E-state index >= 15 is 0 Å². The van der Waals surface area contributed by atoms with Gasteiger partial charge in [0, 0.05) is 12.2 Å². The van der Waals surface area contributed by atoms with E-state index in [0.717, 1.165) is 12.0 Å². The van der Waals surface area contributed by atoms with Crippen molar-refractivity contribution in [1.29, 1.82) is 0 Å². The summed E-state index contributed by atoms with van der Waals surface area (Å²) in [6.45, 7) is 5.70. The largest absolute Gasteiger partial charge is 0.449 e. The number of carbonyl (C=O) groups is 4. The minimum Gasteiger partial charge on any atom is -0.449 e. The van der Waals surface area contributed by atoms with Crippen molar-refractivity contribution in [3.63, 3.8) is 0 Å². The van der Waals surface area contributed by atoms with Gasteiger partial charge < -0.3 is 10.1 Å². The first-order chi connectivity index (χ1) is 14.3.